The molecule has 27 heavy (non-hydrogen) atoms. The van der Waals surface area contributed by atoms with Gasteiger partial charge in [-0.05, 0) is 23.8 Å². The topological polar surface area (TPSA) is 114 Å². The smallest absolute Gasteiger partial charge is 0.305 e. The van der Waals surface area contributed by atoms with Crippen LogP contribution in [0.4, 0.5) is 0 Å². The van der Waals surface area contributed by atoms with Crippen LogP contribution in [-0.2, 0) is 10.2 Å². The number of H-pyrrole nitrogens is 1. The van der Waals surface area contributed by atoms with Crippen LogP contribution in [0, 0.1) is 0 Å². The molecule has 0 saturated carbocycles. The molecule has 1 aromatic heterocycles. The maximum absolute atomic E-state index is 12.6. The number of aliphatic carboxylic acids is 1. The first kappa shape index (κ1) is 20.3. The molecule has 0 radical (unpaired) electrons. The number of hydrogen-bond donors (Lipinski definition) is 3. The minimum Gasteiger partial charge on any atom is -0.493 e. The van der Waals surface area contributed by atoms with E-state index in [0.29, 0.717) is 17.1 Å². The highest BCUT2D eigenvalue weighted by molar-refractivity contribution is 5.93. The Bertz CT molecular complexity index is 823. The summed E-state index contributed by atoms with van der Waals surface area (Å²) < 4.78 is 10.5. The number of nitrogens with one attached hydrogen (secondary N) is 2. The number of carboxylic acid groups (broad SMARTS) is 1. The second-order valence-electron chi connectivity index (χ2n) is 7.16. The zero-order valence-corrected chi connectivity index (χ0v) is 16.1. The van der Waals surface area contributed by atoms with Crippen molar-refractivity contribution in [3.63, 3.8) is 0 Å². The molecule has 1 heterocycles. The highest BCUT2D eigenvalue weighted by Crippen LogP contribution is 2.31. The van der Waals surface area contributed by atoms with Crippen molar-refractivity contribution in [2.75, 3.05) is 14.2 Å². The Labute approximate surface area is 157 Å². The fourth-order valence-corrected chi connectivity index (χ4v) is 2.55. The lowest BCUT2D eigenvalue weighted by Gasteiger charge is -2.18. The summed E-state index contributed by atoms with van der Waals surface area (Å²) in [5.74, 6) is -0.520. The molecule has 3 N–H and O–H groups in total. The maximum Gasteiger partial charge on any atom is 0.305 e. The van der Waals surface area contributed by atoms with E-state index in [-0.39, 0.29) is 17.5 Å². The third-order valence-electron chi connectivity index (χ3n) is 4.11. The van der Waals surface area contributed by atoms with E-state index in [9.17, 15) is 14.7 Å². The number of aromatic nitrogens is 2. The van der Waals surface area contributed by atoms with Gasteiger partial charge in [-0.15, -0.1) is 0 Å². The van der Waals surface area contributed by atoms with Gasteiger partial charge < -0.3 is 19.9 Å². The Morgan fingerprint density at radius 3 is 2.37 bits per heavy atom. The molecule has 2 aromatic rings. The molecule has 8 nitrogen and oxygen atoms in total. The van der Waals surface area contributed by atoms with Crippen molar-refractivity contribution in [2.24, 2.45) is 0 Å². The van der Waals surface area contributed by atoms with E-state index in [1.807, 2.05) is 20.8 Å². The highest BCUT2D eigenvalue weighted by Gasteiger charge is 2.24. The van der Waals surface area contributed by atoms with Gasteiger partial charge in [0.1, 0.15) is 5.69 Å². The van der Waals surface area contributed by atoms with Crippen LogP contribution < -0.4 is 14.8 Å². The molecule has 0 saturated heterocycles. The van der Waals surface area contributed by atoms with Gasteiger partial charge in [-0.3, -0.25) is 14.7 Å². The Morgan fingerprint density at radius 1 is 1.19 bits per heavy atom. The van der Waals surface area contributed by atoms with Crippen molar-refractivity contribution in [3.05, 3.63) is 41.2 Å². The predicted molar refractivity (Wildman–Crippen MR) is 99.3 cm³/mol. The van der Waals surface area contributed by atoms with E-state index in [1.165, 1.54) is 14.2 Å². The molecule has 0 fully saturated rings. The van der Waals surface area contributed by atoms with Crippen LogP contribution in [0.1, 0.15) is 55.0 Å². The highest BCUT2D eigenvalue weighted by atomic mass is 16.5. The monoisotopic (exact) mass is 375 g/mol. The van der Waals surface area contributed by atoms with Crippen LogP contribution in [0.2, 0.25) is 0 Å². The van der Waals surface area contributed by atoms with E-state index >= 15 is 0 Å². The van der Waals surface area contributed by atoms with Crippen LogP contribution in [0.3, 0.4) is 0 Å². The third-order valence-corrected chi connectivity index (χ3v) is 4.11. The summed E-state index contributed by atoms with van der Waals surface area (Å²) in [4.78, 5) is 23.9. The van der Waals surface area contributed by atoms with E-state index < -0.39 is 17.9 Å². The number of aromatic amines is 1. The van der Waals surface area contributed by atoms with Crippen LogP contribution in [0.5, 0.6) is 11.5 Å². The molecule has 1 amide bonds. The summed E-state index contributed by atoms with van der Waals surface area (Å²) in [6, 6.07) is 5.94. The Balaban J connectivity index is 2.28. The van der Waals surface area contributed by atoms with Crippen molar-refractivity contribution in [3.8, 4) is 11.5 Å². The van der Waals surface area contributed by atoms with Crippen molar-refractivity contribution in [1.29, 1.82) is 0 Å². The molecule has 1 unspecified atom stereocenters. The molecule has 0 spiro atoms. The number of amides is 1. The first-order chi connectivity index (χ1) is 12.7. The number of hydrogen-bond acceptors (Lipinski definition) is 5. The summed E-state index contributed by atoms with van der Waals surface area (Å²) in [7, 11) is 3.00. The van der Waals surface area contributed by atoms with Crippen LogP contribution in [-0.4, -0.2) is 41.4 Å². The number of carbonyl (C=O) groups is 2. The number of rotatable bonds is 7. The van der Waals surface area contributed by atoms with E-state index in [2.05, 4.69) is 15.5 Å². The number of nitrogens with zero attached hydrogens (tertiary/aromatic N) is 1. The molecule has 1 atom stereocenters. The number of carboxylic acids is 1. The molecule has 0 bridgehead atoms. The third kappa shape index (κ3) is 4.99. The lowest BCUT2D eigenvalue weighted by atomic mass is 9.92. The zero-order valence-electron chi connectivity index (χ0n) is 16.1. The summed E-state index contributed by atoms with van der Waals surface area (Å²) in [6.07, 6.45) is -0.280. The first-order valence-corrected chi connectivity index (χ1v) is 8.46. The van der Waals surface area contributed by atoms with Crippen LogP contribution in [0.25, 0.3) is 0 Å². The van der Waals surface area contributed by atoms with Gasteiger partial charge in [0.15, 0.2) is 11.5 Å². The van der Waals surface area contributed by atoms with Crippen molar-refractivity contribution >= 4 is 11.9 Å². The van der Waals surface area contributed by atoms with E-state index in [4.69, 9.17) is 9.47 Å². The lowest BCUT2D eigenvalue weighted by Crippen LogP contribution is -2.30. The average molecular weight is 375 g/mol. The molecule has 8 heteroatoms. The molecule has 0 aliphatic carbocycles. The van der Waals surface area contributed by atoms with E-state index in [1.54, 1.807) is 24.3 Å². The molecule has 0 aliphatic heterocycles. The normalized spacial score (nSPS) is 12.3. The minimum atomic E-state index is -1.03. The molecule has 0 aliphatic rings. The largest absolute Gasteiger partial charge is 0.493 e. The first-order valence-electron chi connectivity index (χ1n) is 8.46. The zero-order chi connectivity index (χ0) is 20.2. The summed E-state index contributed by atoms with van der Waals surface area (Å²) in [5, 5.41) is 18.9. The summed E-state index contributed by atoms with van der Waals surface area (Å²) >= 11 is 0. The fraction of sp³-hybridized carbons (Fsp3) is 0.421. The van der Waals surface area contributed by atoms with E-state index in [0.717, 1.165) is 5.69 Å². The SMILES string of the molecule is COc1ccc(C(CC(=O)O)NC(=O)c2cc(C(C)(C)C)[nH]n2)cc1OC. The molecule has 1 aromatic carbocycles. The molecule has 146 valence electrons. The second kappa shape index (κ2) is 8.11. The maximum atomic E-state index is 12.6. The average Bonchev–Trinajstić information content (AvgIpc) is 3.10. The molecule has 2 rings (SSSR count). The number of ether oxygens (including phenoxy) is 2. The Hall–Kier alpha value is -3.03. The second-order valence-corrected chi connectivity index (χ2v) is 7.16. The summed E-state index contributed by atoms with van der Waals surface area (Å²) in [6.45, 7) is 6.00. The quantitative estimate of drug-likeness (QED) is 0.686. The van der Waals surface area contributed by atoms with Crippen molar-refractivity contribution in [2.45, 2.75) is 38.6 Å². The fourth-order valence-electron chi connectivity index (χ4n) is 2.55. The lowest BCUT2D eigenvalue weighted by molar-refractivity contribution is -0.137. The van der Waals surface area contributed by atoms with Gasteiger partial charge in [-0.25, -0.2) is 0 Å². The minimum absolute atomic E-state index is 0.185. The van der Waals surface area contributed by atoms with Crippen LogP contribution >= 0.6 is 0 Å². The van der Waals surface area contributed by atoms with Gasteiger partial charge in [-0.1, -0.05) is 26.8 Å². The predicted octanol–water partition coefficient (Wildman–Crippen LogP) is 2.67. The Kier molecular flexibility index (Phi) is 6.09. The summed E-state index contributed by atoms with van der Waals surface area (Å²) in [5.41, 5.74) is 1.43. The van der Waals surface area contributed by atoms with Gasteiger partial charge in [0.05, 0.1) is 26.7 Å². The molecular formula is C19H25N3O5. The van der Waals surface area contributed by atoms with Crippen LogP contribution in [0.15, 0.2) is 24.3 Å². The molecular weight excluding hydrogens is 350 g/mol. The Morgan fingerprint density at radius 2 is 1.85 bits per heavy atom. The standard InChI is InChI=1S/C19H25N3O5/c1-19(2,3)16-9-13(21-22-16)18(25)20-12(10-17(23)24)11-6-7-14(26-4)15(8-11)27-5/h6-9,12H,10H2,1-5H3,(H,20,25)(H,21,22)(H,23,24). The van der Waals surface area contributed by atoms with Gasteiger partial charge in [0.2, 0.25) is 0 Å². The van der Waals surface area contributed by atoms with Gasteiger partial charge in [0.25, 0.3) is 5.91 Å². The van der Waals surface area contributed by atoms with Gasteiger partial charge in [0, 0.05) is 11.1 Å². The number of methoxy groups -OCH3 is 2. The van der Waals surface area contributed by atoms with Crippen molar-refractivity contribution in [1.82, 2.24) is 15.5 Å². The van der Waals surface area contributed by atoms with Gasteiger partial charge >= 0.3 is 5.97 Å². The number of carbonyl (C=O) groups excluding carboxylic acids is 1. The van der Waals surface area contributed by atoms with Gasteiger partial charge in [-0.2, -0.15) is 5.10 Å². The number of benzene rings is 1. The van der Waals surface area contributed by atoms with Crippen molar-refractivity contribution < 1.29 is 24.2 Å².